The second-order valence-corrected chi connectivity index (χ2v) is 5.63. The fourth-order valence-electron chi connectivity index (χ4n) is 2.90. The first-order valence-corrected chi connectivity index (χ1v) is 8.03. The highest BCUT2D eigenvalue weighted by atomic mass is 35.5. The van der Waals surface area contributed by atoms with Crippen LogP contribution < -0.4 is 9.47 Å². The van der Waals surface area contributed by atoms with Gasteiger partial charge in [-0.2, -0.15) is 0 Å². The molecule has 0 saturated carbocycles. The molecule has 3 rings (SSSR count). The maximum atomic E-state index is 12.6. The van der Waals surface area contributed by atoms with Crippen molar-refractivity contribution >= 4 is 18.2 Å². The molecule has 0 aliphatic carbocycles. The predicted octanol–water partition coefficient (Wildman–Crippen LogP) is 2.35. The Labute approximate surface area is 143 Å². The van der Waals surface area contributed by atoms with Crippen molar-refractivity contribution in [3.05, 3.63) is 23.3 Å². The normalized spacial score (nSPS) is 17.4. The number of ketones is 1. The van der Waals surface area contributed by atoms with Crippen LogP contribution in [0.4, 0.5) is 0 Å². The lowest BCUT2D eigenvalue weighted by Gasteiger charge is -2.26. The molecule has 1 aromatic carbocycles. The average molecular weight is 342 g/mol. The van der Waals surface area contributed by atoms with E-state index < -0.39 is 0 Å². The topological polar surface area (TPSA) is 48.0 Å². The second kappa shape index (κ2) is 8.52. The van der Waals surface area contributed by atoms with Gasteiger partial charge in [0.15, 0.2) is 17.3 Å². The Kier molecular flexibility index (Phi) is 6.69. The molecule has 0 aromatic heterocycles. The van der Waals surface area contributed by atoms with Gasteiger partial charge >= 0.3 is 0 Å². The zero-order chi connectivity index (χ0) is 15.4. The number of rotatable bonds is 5. The summed E-state index contributed by atoms with van der Waals surface area (Å²) < 4.78 is 16.5. The fourth-order valence-corrected chi connectivity index (χ4v) is 2.90. The third-order valence-corrected chi connectivity index (χ3v) is 4.21. The summed E-state index contributed by atoms with van der Waals surface area (Å²) >= 11 is 0. The monoisotopic (exact) mass is 341 g/mol. The minimum Gasteiger partial charge on any atom is -0.486 e. The molecule has 0 amide bonds. The van der Waals surface area contributed by atoms with Gasteiger partial charge in [0, 0.05) is 31.6 Å². The lowest BCUT2D eigenvalue weighted by Crippen LogP contribution is -2.37. The molecule has 5 nitrogen and oxygen atoms in total. The van der Waals surface area contributed by atoms with Crippen LogP contribution in [0, 0.1) is 0 Å². The number of ether oxygens (including phenoxy) is 3. The van der Waals surface area contributed by atoms with E-state index in [1.54, 1.807) is 0 Å². The fraction of sp³-hybridized carbons (Fsp3) is 0.588. The lowest BCUT2D eigenvalue weighted by molar-refractivity contribution is 0.0370. The van der Waals surface area contributed by atoms with Crippen molar-refractivity contribution in [2.75, 3.05) is 46.1 Å². The number of hydrogen-bond acceptors (Lipinski definition) is 5. The van der Waals surface area contributed by atoms with E-state index in [0.717, 1.165) is 56.1 Å². The molecular weight excluding hydrogens is 318 g/mol. The molecule has 0 atom stereocenters. The van der Waals surface area contributed by atoms with Gasteiger partial charge in [-0.05, 0) is 24.1 Å². The van der Waals surface area contributed by atoms with Crippen LogP contribution in [0.2, 0.25) is 0 Å². The Morgan fingerprint density at radius 3 is 2.39 bits per heavy atom. The van der Waals surface area contributed by atoms with Crippen LogP contribution >= 0.6 is 12.4 Å². The van der Waals surface area contributed by atoms with Crippen molar-refractivity contribution in [3.63, 3.8) is 0 Å². The predicted molar refractivity (Wildman–Crippen MR) is 90.3 cm³/mol. The van der Waals surface area contributed by atoms with Crippen LogP contribution in [-0.4, -0.2) is 56.7 Å². The molecule has 0 N–H and O–H groups in total. The van der Waals surface area contributed by atoms with Crippen LogP contribution in [0.5, 0.6) is 11.5 Å². The Bertz CT molecular complexity index is 544. The standard InChI is InChI=1S/C17H23NO4.ClH/c1-2-13-11-16-17(22-10-9-21-16)12-14(13)15(19)3-4-18-5-7-20-8-6-18;/h11-12H,2-10H2,1H3;1H. The van der Waals surface area contributed by atoms with Gasteiger partial charge in [-0.25, -0.2) is 0 Å². The number of morpholine rings is 1. The van der Waals surface area contributed by atoms with Gasteiger partial charge in [-0.3, -0.25) is 9.69 Å². The molecule has 0 bridgehead atoms. The number of nitrogens with zero attached hydrogens (tertiary/aromatic N) is 1. The number of halogens is 1. The van der Waals surface area contributed by atoms with Crippen LogP contribution in [0.1, 0.15) is 29.3 Å². The van der Waals surface area contributed by atoms with E-state index in [1.165, 1.54) is 0 Å². The van der Waals surface area contributed by atoms with E-state index in [4.69, 9.17) is 14.2 Å². The zero-order valence-electron chi connectivity index (χ0n) is 13.5. The van der Waals surface area contributed by atoms with Crippen LogP contribution in [0.3, 0.4) is 0 Å². The van der Waals surface area contributed by atoms with Crippen LogP contribution in [0.15, 0.2) is 12.1 Å². The third kappa shape index (κ3) is 4.37. The number of fused-ring (bicyclic) bond motifs is 1. The summed E-state index contributed by atoms with van der Waals surface area (Å²) in [7, 11) is 0. The van der Waals surface area contributed by atoms with Crippen molar-refractivity contribution in [1.82, 2.24) is 4.90 Å². The summed E-state index contributed by atoms with van der Waals surface area (Å²) in [6, 6.07) is 3.81. The summed E-state index contributed by atoms with van der Waals surface area (Å²) in [5, 5.41) is 0. The van der Waals surface area contributed by atoms with Crippen molar-refractivity contribution in [2.45, 2.75) is 19.8 Å². The van der Waals surface area contributed by atoms with E-state index in [1.807, 2.05) is 12.1 Å². The minimum absolute atomic E-state index is 0. The highest BCUT2D eigenvalue weighted by molar-refractivity contribution is 5.98. The van der Waals surface area contributed by atoms with Gasteiger partial charge in [-0.1, -0.05) is 6.92 Å². The smallest absolute Gasteiger partial charge is 0.164 e. The zero-order valence-corrected chi connectivity index (χ0v) is 14.3. The van der Waals surface area contributed by atoms with E-state index in [9.17, 15) is 4.79 Å². The molecule has 6 heteroatoms. The van der Waals surface area contributed by atoms with E-state index >= 15 is 0 Å². The summed E-state index contributed by atoms with van der Waals surface area (Å²) in [4.78, 5) is 14.9. The molecule has 128 valence electrons. The molecule has 1 aromatic rings. The molecule has 0 spiro atoms. The highest BCUT2D eigenvalue weighted by Gasteiger charge is 2.20. The number of Topliss-reactive ketones (excluding diaryl/α,β-unsaturated/α-hetero) is 1. The van der Waals surface area contributed by atoms with Crippen molar-refractivity contribution in [3.8, 4) is 11.5 Å². The van der Waals surface area contributed by atoms with E-state index in [2.05, 4.69) is 11.8 Å². The van der Waals surface area contributed by atoms with Gasteiger partial charge in [0.25, 0.3) is 0 Å². The molecule has 0 radical (unpaired) electrons. The molecule has 23 heavy (non-hydrogen) atoms. The lowest BCUT2D eigenvalue weighted by atomic mass is 9.98. The van der Waals surface area contributed by atoms with Crippen molar-refractivity contribution < 1.29 is 19.0 Å². The summed E-state index contributed by atoms with van der Waals surface area (Å²) in [6.07, 6.45) is 1.35. The molecule has 1 saturated heterocycles. The molecule has 2 aliphatic rings. The van der Waals surface area contributed by atoms with Gasteiger partial charge < -0.3 is 14.2 Å². The second-order valence-electron chi connectivity index (χ2n) is 5.63. The van der Waals surface area contributed by atoms with Gasteiger partial charge in [0.05, 0.1) is 13.2 Å². The largest absolute Gasteiger partial charge is 0.486 e. The quantitative estimate of drug-likeness (QED) is 0.769. The first kappa shape index (κ1) is 18.0. The molecule has 0 unspecified atom stereocenters. The molecule has 1 fully saturated rings. The summed E-state index contributed by atoms with van der Waals surface area (Å²) in [5.74, 6) is 1.63. The van der Waals surface area contributed by atoms with Gasteiger partial charge in [-0.15, -0.1) is 12.4 Å². The number of aryl methyl sites for hydroxylation is 1. The van der Waals surface area contributed by atoms with Crippen molar-refractivity contribution in [1.29, 1.82) is 0 Å². The van der Waals surface area contributed by atoms with Crippen LogP contribution in [0.25, 0.3) is 0 Å². The Morgan fingerprint density at radius 1 is 1.09 bits per heavy atom. The van der Waals surface area contributed by atoms with Gasteiger partial charge in [0.2, 0.25) is 0 Å². The van der Waals surface area contributed by atoms with Crippen LogP contribution in [-0.2, 0) is 11.2 Å². The van der Waals surface area contributed by atoms with Crippen molar-refractivity contribution in [2.24, 2.45) is 0 Å². The van der Waals surface area contributed by atoms with Gasteiger partial charge in [0.1, 0.15) is 13.2 Å². The number of carbonyl (C=O) groups is 1. The minimum atomic E-state index is 0. The number of hydrogen-bond donors (Lipinski definition) is 0. The van der Waals surface area contributed by atoms with E-state index in [-0.39, 0.29) is 18.2 Å². The molecule has 2 heterocycles. The first-order valence-electron chi connectivity index (χ1n) is 8.03. The molecule has 2 aliphatic heterocycles. The maximum absolute atomic E-state index is 12.6. The Morgan fingerprint density at radius 2 is 1.74 bits per heavy atom. The van der Waals surface area contributed by atoms with E-state index in [0.29, 0.717) is 25.4 Å². The Hall–Kier alpha value is -1.30. The third-order valence-electron chi connectivity index (χ3n) is 4.21. The Balaban J connectivity index is 0.00000192. The average Bonchev–Trinajstić information content (AvgIpc) is 2.59. The first-order chi connectivity index (χ1) is 10.8. The highest BCUT2D eigenvalue weighted by Crippen LogP contribution is 2.34. The summed E-state index contributed by atoms with van der Waals surface area (Å²) in [6.45, 7) is 7.31. The maximum Gasteiger partial charge on any atom is 0.164 e. The number of carbonyl (C=O) groups excluding carboxylic acids is 1. The molecular formula is C17H24ClNO4. The number of benzene rings is 1. The summed E-state index contributed by atoms with van der Waals surface area (Å²) in [5.41, 5.74) is 1.82. The SMILES string of the molecule is CCc1cc2c(cc1C(=O)CCN1CCOCC1)OCCO2.Cl.